The fourth-order valence-corrected chi connectivity index (χ4v) is 4.53. The standard InChI is InChI=1S/C24H33N5O/c1-17-12-21(13-18(2)27-17)28-10-7-24(3,8-11-28)16-30-22-5-4-19-6-9-29(23(25)26)15-20(19)14-22/h4-5,12-14H,6-11,15-16H2,1-3H3,(H3,25,26). The van der Waals surface area contributed by atoms with Gasteiger partial charge in [-0.15, -0.1) is 0 Å². The van der Waals surface area contributed by atoms with E-state index in [0.29, 0.717) is 6.54 Å². The number of anilines is 1. The lowest BCUT2D eigenvalue weighted by Gasteiger charge is -2.40. The van der Waals surface area contributed by atoms with E-state index in [4.69, 9.17) is 15.9 Å². The SMILES string of the molecule is Cc1cc(N2CCC(C)(COc3ccc4c(c3)CN(C(=N)N)CC4)CC2)cc(C)n1. The van der Waals surface area contributed by atoms with Gasteiger partial charge < -0.3 is 20.3 Å². The summed E-state index contributed by atoms with van der Waals surface area (Å²) in [5.41, 5.74) is 11.9. The topological polar surface area (TPSA) is 78.5 Å². The number of nitrogens with two attached hydrogens (primary N) is 1. The van der Waals surface area contributed by atoms with Crippen molar-refractivity contribution in [2.24, 2.45) is 11.1 Å². The number of nitrogens with zero attached hydrogens (tertiary/aromatic N) is 3. The van der Waals surface area contributed by atoms with Crippen LogP contribution in [0, 0.1) is 24.7 Å². The molecule has 160 valence electrons. The van der Waals surface area contributed by atoms with Crippen LogP contribution in [-0.2, 0) is 13.0 Å². The summed E-state index contributed by atoms with van der Waals surface area (Å²) >= 11 is 0. The van der Waals surface area contributed by atoms with Crippen LogP contribution in [0.4, 0.5) is 5.69 Å². The molecule has 2 aromatic rings. The summed E-state index contributed by atoms with van der Waals surface area (Å²) in [6.45, 7) is 10.8. The minimum Gasteiger partial charge on any atom is -0.493 e. The maximum Gasteiger partial charge on any atom is 0.188 e. The van der Waals surface area contributed by atoms with Gasteiger partial charge in [-0.25, -0.2) is 0 Å². The Hall–Kier alpha value is -2.76. The molecule has 0 aliphatic carbocycles. The van der Waals surface area contributed by atoms with Crippen molar-refractivity contribution in [3.05, 3.63) is 52.8 Å². The summed E-state index contributed by atoms with van der Waals surface area (Å²) in [5, 5.41) is 7.69. The van der Waals surface area contributed by atoms with E-state index in [1.165, 1.54) is 16.8 Å². The Morgan fingerprint density at radius 3 is 2.47 bits per heavy atom. The molecular weight excluding hydrogens is 374 g/mol. The lowest BCUT2D eigenvalue weighted by atomic mass is 9.81. The molecule has 1 fully saturated rings. The Morgan fingerprint density at radius 2 is 1.80 bits per heavy atom. The minimum atomic E-state index is 0.144. The van der Waals surface area contributed by atoms with Crippen LogP contribution in [0.15, 0.2) is 30.3 Å². The van der Waals surface area contributed by atoms with Crippen molar-refractivity contribution >= 4 is 11.6 Å². The maximum atomic E-state index is 7.69. The number of fused-ring (bicyclic) bond motifs is 1. The monoisotopic (exact) mass is 407 g/mol. The van der Waals surface area contributed by atoms with Gasteiger partial charge in [-0.2, -0.15) is 0 Å². The number of benzene rings is 1. The largest absolute Gasteiger partial charge is 0.493 e. The van der Waals surface area contributed by atoms with Crippen molar-refractivity contribution < 1.29 is 4.74 Å². The predicted octanol–water partition coefficient (Wildman–Crippen LogP) is 3.64. The van der Waals surface area contributed by atoms with Gasteiger partial charge in [0.2, 0.25) is 0 Å². The van der Waals surface area contributed by atoms with Gasteiger partial charge >= 0.3 is 0 Å². The first-order valence-corrected chi connectivity index (χ1v) is 10.9. The van der Waals surface area contributed by atoms with Gasteiger partial charge in [0.15, 0.2) is 5.96 Å². The van der Waals surface area contributed by atoms with Gasteiger partial charge in [-0.1, -0.05) is 13.0 Å². The van der Waals surface area contributed by atoms with Gasteiger partial charge in [-0.3, -0.25) is 10.4 Å². The van der Waals surface area contributed by atoms with Crippen LogP contribution in [-0.4, -0.2) is 42.1 Å². The summed E-state index contributed by atoms with van der Waals surface area (Å²) in [6.07, 6.45) is 3.14. The quantitative estimate of drug-likeness (QED) is 0.598. The average molecular weight is 408 g/mol. The Kier molecular flexibility index (Phi) is 5.58. The molecule has 4 rings (SSSR count). The summed E-state index contributed by atoms with van der Waals surface area (Å²) in [7, 11) is 0. The summed E-state index contributed by atoms with van der Waals surface area (Å²) in [6, 6.07) is 10.8. The highest BCUT2D eigenvalue weighted by Crippen LogP contribution is 2.34. The lowest BCUT2D eigenvalue weighted by molar-refractivity contribution is 0.131. The number of hydrogen-bond donors (Lipinski definition) is 2. The molecule has 0 saturated carbocycles. The van der Waals surface area contributed by atoms with E-state index < -0.39 is 0 Å². The molecule has 2 aliphatic rings. The third-order valence-corrected chi connectivity index (χ3v) is 6.52. The van der Waals surface area contributed by atoms with Gasteiger partial charge in [-0.05, 0) is 68.5 Å². The number of rotatable bonds is 4. The number of piperidine rings is 1. The van der Waals surface area contributed by atoms with Crippen molar-refractivity contribution in [2.45, 2.75) is 46.6 Å². The van der Waals surface area contributed by atoms with Crippen molar-refractivity contribution in [3.63, 3.8) is 0 Å². The zero-order valence-corrected chi connectivity index (χ0v) is 18.4. The molecule has 1 aromatic heterocycles. The number of hydrogen-bond acceptors (Lipinski definition) is 4. The Labute approximate surface area is 179 Å². The highest BCUT2D eigenvalue weighted by Gasteiger charge is 2.31. The van der Waals surface area contributed by atoms with Gasteiger partial charge in [0.05, 0.1) is 6.61 Å². The second-order valence-corrected chi connectivity index (χ2v) is 9.18. The summed E-state index contributed by atoms with van der Waals surface area (Å²) in [4.78, 5) is 8.88. The number of ether oxygens (including phenoxy) is 1. The molecule has 0 atom stereocenters. The predicted molar refractivity (Wildman–Crippen MR) is 121 cm³/mol. The molecule has 0 spiro atoms. The normalized spacial score (nSPS) is 18.1. The number of aryl methyl sites for hydroxylation is 2. The van der Waals surface area contributed by atoms with Crippen LogP contribution in [0.25, 0.3) is 0 Å². The molecule has 2 aliphatic heterocycles. The molecule has 0 radical (unpaired) electrons. The van der Waals surface area contributed by atoms with E-state index in [1.54, 1.807) is 0 Å². The smallest absolute Gasteiger partial charge is 0.188 e. The minimum absolute atomic E-state index is 0.144. The van der Waals surface area contributed by atoms with Crippen LogP contribution in [0.5, 0.6) is 5.75 Å². The molecule has 6 heteroatoms. The first-order chi connectivity index (χ1) is 14.3. The number of nitrogens with one attached hydrogen (secondary N) is 1. The van der Waals surface area contributed by atoms with Crippen molar-refractivity contribution in [1.29, 1.82) is 5.41 Å². The van der Waals surface area contributed by atoms with E-state index >= 15 is 0 Å². The number of guanidine groups is 1. The molecule has 3 N–H and O–H groups in total. The molecule has 1 aromatic carbocycles. The van der Waals surface area contributed by atoms with E-state index in [-0.39, 0.29) is 11.4 Å². The first-order valence-electron chi connectivity index (χ1n) is 10.9. The zero-order chi connectivity index (χ0) is 21.3. The highest BCUT2D eigenvalue weighted by molar-refractivity contribution is 5.75. The van der Waals surface area contributed by atoms with E-state index in [9.17, 15) is 0 Å². The maximum absolute atomic E-state index is 7.69. The fourth-order valence-electron chi connectivity index (χ4n) is 4.53. The molecule has 0 bridgehead atoms. The van der Waals surface area contributed by atoms with Crippen LogP contribution in [0.2, 0.25) is 0 Å². The number of pyridine rings is 1. The summed E-state index contributed by atoms with van der Waals surface area (Å²) < 4.78 is 6.26. The van der Waals surface area contributed by atoms with Crippen LogP contribution in [0.1, 0.15) is 42.3 Å². The fraction of sp³-hybridized carbons (Fsp3) is 0.500. The lowest BCUT2D eigenvalue weighted by Crippen LogP contribution is -2.41. The second-order valence-electron chi connectivity index (χ2n) is 9.18. The molecule has 6 nitrogen and oxygen atoms in total. The Bertz CT molecular complexity index is 913. The Morgan fingerprint density at radius 1 is 1.10 bits per heavy atom. The van der Waals surface area contributed by atoms with Crippen molar-refractivity contribution in [1.82, 2.24) is 9.88 Å². The van der Waals surface area contributed by atoms with Crippen LogP contribution in [0.3, 0.4) is 0 Å². The van der Waals surface area contributed by atoms with Gasteiger partial charge in [0, 0.05) is 48.7 Å². The molecule has 3 heterocycles. The van der Waals surface area contributed by atoms with E-state index in [0.717, 1.165) is 62.6 Å². The van der Waals surface area contributed by atoms with Crippen LogP contribution < -0.4 is 15.4 Å². The molecule has 1 saturated heterocycles. The molecular formula is C24H33N5O. The summed E-state index contributed by atoms with van der Waals surface area (Å²) in [5.74, 6) is 1.06. The third-order valence-electron chi connectivity index (χ3n) is 6.52. The molecule has 30 heavy (non-hydrogen) atoms. The second kappa shape index (κ2) is 8.17. The average Bonchev–Trinajstić information content (AvgIpc) is 2.71. The Balaban J connectivity index is 1.35. The third kappa shape index (κ3) is 4.53. The molecule has 0 amide bonds. The van der Waals surface area contributed by atoms with Crippen molar-refractivity contribution in [2.75, 3.05) is 31.1 Å². The van der Waals surface area contributed by atoms with Gasteiger partial charge in [0.25, 0.3) is 0 Å². The highest BCUT2D eigenvalue weighted by atomic mass is 16.5. The zero-order valence-electron chi connectivity index (χ0n) is 18.4. The molecule has 0 unspecified atom stereocenters. The first kappa shape index (κ1) is 20.5. The number of aromatic nitrogens is 1. The van der Waals surface area contributed by atoms with E-state index in [1.807, 2.05) is 4.90 Å². The van der Waals surface area contributed by atoms with Crippen LogP contribution >= 0.6 is 0 Å². The van der Waals surface area contributed by atoms with E-state index in [2.05, 4.69) is 61.0 Å². The van der Waals surface area contributed by atoms with Crippen molar-refractivity contribution in [3.8, 4) is 5.75 Å². The van der Waals surface area contributed by atoms with Gasteiger partial charge in [0.1, 0.15) is 5.75 Å².